The number of halogens is 3. The topological polar surface area (TPSA) is 43.8 Å². The van der Waals surface area contributed by atoms with Crippen LogP contribution in [0.5, 0.6) is 17.2 Å². The number of benzene rings is 2. The first-order valence-electron chi connectivity index (χ1n) is 11.0. The smallest absolute Gasteiger partial charge is 0.416 e. The van der Waals surface area contributed by atoms with E-state index in [4.69, 9.17) is 14.2 Å². The highest BCUT2D eigenvalue weighted by Gasteiger charge is 2.30. The van der Waals surface area contributed by atoms with Gasteiger partial charge in [-0.1, -0.05) is 18.6 Å². The van der Waals surface area contributed by atoms with E-state index in [0.29, 0.717) is 40.6 Å². The third-order valence-electron chi connectivity index (χ3n) is 5.90. The maximum absolute atomic E-state index is 13.0. The van der Waals surface area contributed by atoms with Crippen molar-refractivity contribution in [2.75, 3.05) is 40.5 Å². The number of hydrogen-bond acceptors (Lipinski definition) is 5. The average Bonchev–Trinajstić information content (AvgIpc) is 2.83. The average molecular weight is 460 g/mol. The highest BCUT2D eigenvalue weighted by atomic mass is 19.4. The number of piperidine rings is 1. The molecule has 1 saturated heterocycles. The molecular weight excluding hydrogens is 433 g/mol. The molecule has 0 atom stereocenters. The standard InChI is InChI=1S/C25H27F3N2O3/c1-31-23-14-19-21(16-24(23)32-2)29-20(17-6-8-18(9-7-17)25(26,27)28)15-22(19)33-13-12-30-10-4-3-5-11-30/h6-9,14-16H,3-5,10-13H2,1-2H3. The van der Waals surface area contributed by atoms with Gasteiger partial charge in [-0.15, -0.1) is 0 Å². The molecule has 0 N–H and O–H groups in total. The van der Waals surface area contributed by atoms with Crippen molar-refractivity contribution in [1.82, 2.24) is 9.88 Å². The summed E-state index contributed by atoms with van der Waals surface area (Å²) in [4.78, 5) is 7.05. The van der Waals surface area contributed by atoms with Crippen LogP contribution in [0.15, 0.2) is 42.5 Å². The van der Waals surface area contributed by atoms with Crippen LogP contribution < -0.4 is 14.2 Å². The Kier molecular flexibility index (Phi) is 6.93. The van der Waals surface area contributed by atoms with Gasteiger partial charge in [0.1, 0.15) is 12.4 Å². The van der Waals surface area contributed by atoms with Crippen molar-refractivity contribution >= 4 is 10.9 Å². The van der Waals surface area contributed by atoms with Crippen LogP contribution in [0.1, 0.15) is 24.8 Å². The number of alkyl halides is 3. The second-order valence-corrected chi connectivity index (χ2v) is 8.06. The fourth-order valence-electron chi connectivity index (χ4n) is 4.09. The lowest BCUT2D eigenvalue weighted by Crippen LogP contribution is -2.33. The zero-order valence-corrected chi connectivity index (χ0v) is 18.7. The Labute approximate surface area is 191 Å². The summed E-state index contributed by atoms with van der Waals surface area (Å²) in [6.45, 7) is 3.46. The van der Waals surface area contributed by atoms with Crippen molar-refractivity contribution in [1.29, 1.82) is 0 Å². The Morgan fingerprint density at radius 2 is 1.55 bits per heavy atom. The minimum absolute atomic E-state index is 0.500. The number of likely N-dealkylation sites (tertiary alicyclic amines) is 1. The van der Waals surface area contributed by atoms with Crippen molar-refractivity contribution in [3.63, 3.8) is 0 Å². The summed E-state index contributed by atoms with van der Waals surface area (Å²) < 4.78 is 55.9. The number of pyridine rings is 1. The molecule has 1 fully saturated rings. The number of rotatable bonds is 7. The molecule has 0 radical (unpaired) electrons. The van der Waals surface area contributed by atoms with Crippen LogP contribution in [0.2, 0.25) is 0 Å². The zero-order valence-electron chi connectivity index (χ0n) is 18.7. The Hall–Kier alpha value is -3.00. The summed E-state index contributed by atoms with van der Waals surface area (Å²) in [5.74, 6) is 1.67. The largest absolute Gasteiger partial charge is 0.493 e. The lowest BCUT2D eigenvalue weighted by atomic mass is 10.1. The Bertz CT molecular complexity index is 1090. The number of methoxy groups -OCH3 is 2. The van der Waals surface area contributed by atoms with Gasteiger partial charge in [-0.25, -0.2) is 4.98 Å². The van der Waals surface area contributed by atoms with Gasteiger partial charge in [0, 0.05) is 29.6 Å². The van der Waals surface area contributed by atoms with Gasteiger partial charge in [0.15, 0.2) is 11.5 Å². The fourth-order valence-corrected chi connectivity index (χ4v) is 4.09. The minimum atomic E-state index is -4.39. The van der Waals surface area contributed by atoms with Gasteiger partial charge < -0.3 is 14.2 Å². The number of aromatic nitrogens is 1. The molecule has 1 aliphatic rings. The van der Waals surface area contributed by atoms with E-state index >= 15 is 0 Å². The molecule has 8 heteroatoms. The van der Waals surface area contributed by atoms with Gasteiger partial charge in [-0.3, -0.25) is 4.90 Å². The molecule has 1 aliphatic heterocycles. The molecule has 5 nitrogen and oxygen atoms in total. The number of fused-ring (bicyclic) bond motifs is 1. The van der Waals surface area contributed by atoms with Gasteiger partial charge in [0.25, 0.3) is 0 Å². The van der Waals surface area contributed by atoms with E-state index in [2.05, 4.69) is 9.88 Å². The van der Waals surface area contributed by atoms with Crippen LogP contribution in [0.3, 0.4) is 0 Å². The lowest BCUT2D eigenvalue weighted by molar-refractivity contribution is -0.137. The first kappa shape index (κ1) is 23.2. The fraction of sp³-hybridized carbons (Fsp3) is 0.400. The van der Waals surface area contributed by atoms with Crippen LogP contribution in [-0.4, -0.2) is 50.3 Å². The second kappa shape index (κ2) is 9.87. The first-order valence-corrected chi connectivity index (χ1v) is 11.0. The molecule has 0 spiro atoms. The monoisotopic (exact) mass is 460 g/mol. The third kappa shape index (κ3) is 5.33. The molecule has 3 aromatic rings. The van der Waals surface area contributed by atoms with E-state index in [1.54, 1.807) is 26.4 Å². The maximum atomic E-state index is 13.0. The van der Waals surface area contributed by atoms with E-state index in [0.717, 1.165) is 37.2 Å². The lowest BCUT2D eigenvalue weighted by Gasteiger charge is -2.26. The molecule has 0 amide bonds. The predicted molar refractivity (Wildman–Crippen MR) is 121 cm³/mol. The second-order valence-electron chi connectivity index (χ2n) is 8.06. The van der Waals surface area contributed by atoms with Gasteiger partial charge in [0.05, 0.1) is 31.0 Å². The molecule has 0 aliphatic carbocycles. The first-order chi connectivity index (χ1) is 15.9. The predicted octanol–water partition coefficient (Wildman–Crippen LogP) is 5.80. The highest BCUT2D eigenvalue weighted by Crippen LogP contribution is 2.38. The summed E-state index contributed by atoms with van der Waals surface area (Å²) in [7, 11) is 3.10. The number of nitrogens with zero attached hydrogens (tertiary/aromatic N) is 2. The quantitative estimate of drug-likeness (QED) is 0.446. The Balaban J connectivity index is 1.69. The zero-order chi connectivity index (χ0) is 23.4. The van der Waals surface area contributed by atoms with E-state index in [-0.39, 0.29) is 0 Å². The van der Waals surface area contributed by atoms with Crippen molar-refractivity contribution in [3.8, 4) is 28.5 Å². The van der Waals surface area contributed by atoms with Crippen LogP contribution in [0, 0.1) is 0 Å². The molecule has 33 heavy (non-hydrogen) atoms. The molecule has 0 saturated carbocycles. The van der Waals surface area contributed by atoms with E-state index < -0.39 is 11.7 Å². The summed E-state index contributed by atoms with van der Waals surface area (Å²) >= 11 is 0. The van der Waals surface area contributed by atoms with Crippen molar-refractivity contribution in [2.24, 2.45) is 0 Å². The number of hydrogen-bond donors (Lipinski definition) is 0. The van der Waals surface area contributed by atoms with Gasteiger partial charge in [-0.05, 0) is 44.1 Å². The van der Waals surface area contributed by atoms with Crippen molar-refractivity contribution in [2.45, 2.75) is 25.4 Å². The Morgan fingerprint density at radius 3 is 2.18 bits per heavy atom. The number of ether oxygens (including phenoxy) is 3. The molecule has 176 valence electrons. The minimum Gasteiger partial charge on any atom is -0.493 e. The normalized spacial score (nSPS) is 14.9. The molecule has 2 aromatic carbocycles. The van der Waals surface area contributed by atoms with Crippen LogP contribution in [0.25, 0.3) is 22.2 Å². The van der Waals surface area contributed by atoms with Crippen molar-refractivity contribution < 1.29 is 27.4 Å². The SMILES string of the molecule is COc1cc2nc(-c3ccc(C(F)(F)F)cc3)cc(OCCN3CCCCC3)c2cc1OC. The summed E-state index contributed by atoms with van der Waals surface area (Å²) in [6.07, 6.45) is -0.715. The third-order valence-corrected chi connectivity index (χ3v) is 5.90. The van der Waals surface area contributed by atoms with Crippen LogP contribution in [0.4, 0.5) is 13.2 Å². The highest BCUT2D eigenvalue weighted by molar-refractivity contribution is 5.90. The van der Waals surface area contributed by atoms with E-state index in [1.165, 1.54) is 31.4 Å². The molecule has 1 aromatic heterocycles. The molecule has 0 bridgehead atoms. The van der Waals surface area contributed by atoms with E-state index in [9.17, 15) is 13.2 Å². The molecular formula is C25H27F3N2O3. The summed E-state index contributed by atoms with van der Waals surface area (Å²) in [6, 6.07) is 10.3. The molecule has 0 unspecified atom stereocenters. The van der Waals surface area contributed by atoms with Gasteiger partial charge in [-0.2, -0.15) is 13.2 Å². The van der Waals surface area contributed by atoms with E-state index in [1.807, 2.05) is 6.07 Å². The Morgan fingerprint density at radius 1 is 0.879 bits per heavy atom. The summed E-state index contributed by atoms with van der Waals surface area (Å²) in [5.41, 5.74) is 1.01. The van der Waals surface area contributed by atoms with Gasteiger partial charge in [0.2, 0.25) is 0 Å². The molecule has 4 rings (SSSR count). The summed E-state index contributed by atoms with van der Waals surface area (Å²) in [5, 5.41) is 0.752. The molecule has 2 heterocycles. The van der Waals surface area contributed by atoms with Crippen LogP contribution in [-0.2, 0) is 6.18 Å². The van der Waals surface area contributed by atoms with Gasteiger partial charge >= 0.3 is 6.18 Å². The van der Waals surface area contributed by atoms with Crippen LogP contribution >= 0.6 is 0 Å². The van der Waals surface area contributed by atoms with Crippen molar-refractivity contribution in [3.05, 3.63) is 48.0 Å². The maximum Gasteiger partial charge on any atom is 0.416 e.